The Hall–Kier alpha value is -2.54. The van der Waals surface area contributed by atoms with Crippen molar-refractivity contribution in [1.29, 1.82) is 0 Å². The van der Waals surface area contributed by atoms with E-state index in [2.05, 4.69) is 17.4 Å². The minimum absolute atomic E-state index is 0.193. The molecule has 1 N–H and O–H groups in total. The summed E-state index contributed by atoms with van der Waals surface area (Å²) in [6.07, 6.45) is 8.91. The molecule has 2 aromatic carbocycles. The maximum Gasteiger partial charge on any atom is 0.265 e. The van der Waals surface area contributed by atoms with Gasteiger partial charge in [0.05, 0.1) is 11.9 Å². The first-order valence-corrected chi connectivity index (χ1v) is 14.3. The summed E-state index contributed by atoms with van der Waals surface area (Å²) in [6, 6.07) is 15.4. The first-order chi connectivity index (χ1) is 16.3. The normalized spacial score (nSPS) is 32.0. The number of amides is 1. The van der Waals surface area contributed by atoms with Gasteiger partial charge in [-0.25, -0.2) is 8.42 Å². The Labute approximate surface area is 201 Å². The SMILES string of the molecule is CS(=O)(=O)N1CCC(C(=O)Nc2ccc(C34CC5CC(CC(C5)C3)C4)cc2)Oc2ccccc21. The molecular weight excluding hydrogens is 448 g/mol. The summed E-state index contributed by atoms with van der Waals surface area (Å²) < 4.78 is 31.9. The fourth-order valence-corrected chi connectivity index (χ4v) is 8.40. The Kier molecular flexibility index (Phi) is 5.17. The number of nitrogens with zero attached hydrogens (tertiary/aromatic N) is 1. The molecule has 0 aromatic heterocycles. The second-order valence-electron chi connectivity index (χ2n) is 11.0. The second-order valence-corrected chi connectivity index (χ2v) is 12.9. The van der Waals surface area contributed by atoms with E-state index in [4.69, 9.17) is 4.74 Å². The van der Waals surface area contributed by atoms with Crippen LogP contribution in [0.4, 0.5) is 11.4 Å². The number of carbonyl (C=O) groups is 1. The Morgan fingerprint density at radius 3 is 2.21 bits per heavy atom. The number of fused-ring (bicyclic) bond motifs is 1. The van der Waals surface area contributed by atoms with E-state index in [1.807, 2.05) is 12.1 Å². The van der Waals surface area contributed by atoms with Crippen molar-refractivity contribution in [2.24, 2.45) is 17.8 Å². The monoisotopic (exact) mass is 480 g/mol. The number of carbonyl (C=O) groups excluding carboxylic acids is 1. The second kappa shape index (κ2) is 8.01. The van der Waals surface area contributed by atoms with E-state index in [1.165, 1.54) is 54.6 Å². The van der Waals surface area contributed by atoms with Crippen LogP contribution in [0.1, 0.15) is 50.5 Å². The molecule has 7 heteroatoms. The quantitative estimate of drug-likeness (QED) is 0.688. The number of hydrogen-bond donors (Lipinski definition) is 1. The van der Waals surface area contributed by atoms with Crippen LogP contribution in [0.25, 0.3) is 0 Å². The molecular formula is C27H32N2O4S. The first kappa shape index (κ1) is 22.0. The number of nitrogens with one attached hydrogen (secondary N) is 1. The van der Waals surface area contributed by atoms with Gasteiger partial charge in [0.25, 0.3) is 5.91 Å². The van der Waals surface area contributed by atoms with Crippen LogP contribution in [0.3, 0.4) is 0 Å². The van der Waals surface area contributed by atoms with Crippen molar-refractivity contribution in [3.8, 4) is 5.75 Å². The van der Waals surface area contributed by atoms with Gasteiger partial charge >= 0.3 is 0 Å². The lowest BCUT2D eigenvalue weighted by Crippen LogP contribution is -2.48. The van der Waals surface area contributed by atoms with E-state index in [0.717, 1.165) is 23.4 Å². The van der Waals surface area contributed by atoms with Crippen molar-refractivity contribution < 1.29 is 17.9 Å². The molecule has 0 saturated heterocycles. The smallest absolute Gasteiger partial charge is 0.265 e. The topological polar surface area (TPSA) is 75.7 Å². The Bertz CT molecular complexity index is 1170. The molecule has 1 aliphatic heterocycles. The molecule has 4 aliphatic carbocycles. The largest absolute Gasteiger partial charge is 0.478 e. The van der Waals surface area contributed by atoms with Gasteiger partial charge in [0.2, 0.25) is 10.0 Å². The van der Waals surface area contributed by atoms with Crippen molar-refractivity contribution in [3.05, 3.63) is 54.1 Å². The summed E-state index contributed by atoms with van der Waals surface area (Å²) in [7, 11) is -3.47. The van der Waals surface area contributed by atoms with Gasteiger partial charge in [-0.2, -0.15) is 0 Å². The molecule has 6 nitrogen and oxygen atoms in total. The highest BCUT2D eigenvalue weighted by atomic mass is 32.2. The van der Waals surface area contributed by atoms with Crippen molar-refractivity contribution in [1.82, 2.24) is 0 Å². The van der Waals surface area contributed by atoms with Crippen LogP contribution in [0.2, 0.25) is 0 Å². The lowest BCUT2D eigenvalue weighted by Gasteiger charge is -2.57. The van der Waals surface area contributed by atoms with Gasteiger partial charge < -0.3 is 10.1 Å². The third-order valence-electron chi connectivity index (χ3n) is 8.49. The number of rotatable bonds is 4. The van der Waals surface area contributed by atoms with Crippen LogP contribution in [0.15, 0.2) is 48.5 Å². The molecule has 4 fully saturated rings. The van der Waals surface area contributed by atoms with Gasteiger partial charge in [-0.3, -0.25) is 9.10 Å². The third-order valence-corrected chi connectivity index (χ3v) is 9.67. The molecule has 180 valence electrons. The van der Waals surface area contributed by atoms with E-state index in [9.17, 15) is 13.2 Å². The molecule has 5 aliphatic rings. The van der Waals surface area contributed by atoms with Crippen LogP contribution in [0, 0.1) is 17.8 Å². The molecule has 1 unspecified atom stereocenters. The number of benzene rings is 2. The van der Waals surface area contributed by atoms with E-state index < -0.39 is 16.1 Å². The Balaban J connectivity index is 1.17. The van der Waals surface area contributed by atoms with Gasteiger partial charge in [-0.15, -0.1) is 0 Å². The zero-order valence-corrected chi connectivity index (χ0v) is 20.4. The summed E-state index contributed by atoms with van der Waals surface area (Å²) in [5.41, 5.74) is 2.98. The van der Waals surface area contributed by atoms with Gasteiger partial charge in [0.1, 0.15) is 5.75 Å². The summed E-state index contributed by atoms with van der Waals surface area (Å²) >= 11 is 0. The zero-order valence-electron chi connectivity index (χ0n) is 19.6. The van der Waals surface area contributed by atoms with E-state index in [1.54, 1.807) is 24.3 Å². The van der Waals surface area contributed by atoms with E-state index in [0.29, 0.717) is 16.9 Å². The summed E-state index contributed by atoms with van der Waals surface area (Å²) in [6.45, 7) is 0.193. The average Bonchev–Trinajstić information content (AvgIpc) is 2.98. The first-order valence-electron chi connectivity index (χ1n) is 12.4. The van der Waals surface area contributed by atoms with Crippen LogP contribution >= 0.6 is 0 Å². The molecule has 34 heavy (non-hydrogen) atoms. The lowest BCUT2D eigenvalue weighted by molar-refractivity contribution is -0.122. The van der Waals surface area contributed by atoms with E-state index >= 15 is 0 Å². The summed E-state index contributed by atoms with van der Waals surface area (Å²) in [5, 5.41) is 2.99. The zero-order chi connectivity index (χ0) is 23.5. The number of para-hydroxylation sites is 2. The fourth-order valence-electron chi connectivity index (χ4n) is 7.45. The van der Waals surface area contributed by atoms with Crippen LogP contribution in [0.5, 0.6) is 5.75 Å². The standard InChI is InChI=1S/C27H32N2O4S/c1-34(31,32)29-11-10-25(33-24-5-3-2-4-23(24)29)26(30)28-22-8-6-21(7-9-22)27-15-18-12-19(16-27)14-20(13-18)17-27/h2-9,18-20,25H,10-17H2,1H3,(H,28,30). The van der Waals surface area contributed by atoms with Crippen molar-refractivity contribution in [3.63, 3.8) is 0 Å². The molecule has 7 rings (SSSR count). The Morgan fingerprint density at radius 1 is 0.971 bits per heavy atom. The molecule has 1 atom stereocenters. The highest BCUT2D eigenvalue weighted by Gasteiger charge is 2.51. The number of hydrogen-bond acceptors (Lipinski definition) is 4. The van der Waals surface area contributed by atoms with E-state index in [-0.39, 0.29) is 18.9 Å². The highest BCUT2D eigenvalue weighted by Crippen LogP contribution is 2.60. The minimum atomic E-state index is -3.47. The molecule has 2 aromatic rings. The molecule has 0 radical (unpaired) electrons. The Morgan fingerprint density at radius 2 is 1.59 bits per heavy atom. The van der Waals surface area contributed by atoms with Gasteiger partial charge in [0, 0.05) is 18.7 Å². The molecule has 0 spiro atoms. The van der Waals surface area contributed by atoms with Gasteiger partial charge in [-0.1, -0.05) is 24.3 Å². The number of anilines is 2. The predicted octanol–water partition coefficient (Wildman–Crippen LogP) is 4.71. The molecule has 4 bridgehead atoms. The maximum atomic E-state index is 13.1. The average molecular weight is 481 g/mol. The van der Waals surface area contributed by atoms with Crippen LogP contribution < -0.4 is 14.4 Å². The maximum absolute atomic E-state index is 13.1. The highest BCUT2D eigenvalue weighted by molar-refractivity contribution is 7.92. The molecule has 4 saturated carbocycles. The number of ether oxygens (including phenoxy) is 1. The predicted molar refractivity (Wildman–Crippen MR) is 133 cm³/mol. The van der Waals surface area contributed by atoms with Crippen molar-refractivity contribution in [2.75, 3.05) is 22.4 Å². The lowest BCUT2D eigenvalue weighted by atomic mass is 9.48. The van der Waals surface area contributed by atoms with Gasteiger partial charge in [-0.05, 0) is 91.5 Å². The van der Waals surface area contributed by atoms with Crippen LogP contribution in [-0.2, 0) is 20.2 Å². The van der Waals surface area contributed by atoms with Gasteiger partial charge in [0.15, 0.2) is 6.10 Å². The molecule has 1 amide bonds. The summed E-state index contributed by atoms with van der Waals surface area (Å²) in [5.74, 6) is 2.84. The number of sulfonamides is 1. The van der Waals surface area contributed by atoms with Crippen LogP contribution in [-0.4, -0.2) is 33.2 Å². The fraction of sp³-hybridized carbons (Fsp3) is 0.519. The van der Waals surface area contributed by atoms with Crippen molar-refractivity contribution in [2.45, 2.75) is 56.5 Å². The summed E-state index contributed by atoms with van der Waals surface area (Å²) in [4.78, 5) is 13.1. The minimum Gasteiger partial charge on any atom is -0.478 e. The van der Waals surface area contributed by atoms with Crippen molar-refractivity contribution >= 4 is 27.3 Å². The third kappa shape index (κ3) is 3.88. The molecule has 1 heterocycles.